The van der Waals surface area contributed by atoms with Crippen LogP contribution in [-0.4, -0.2) is 25.7 Å². The van der Waals surface area contributed by atoms with E-state index in [9.17, 15) is 0 Å². The van der Waals surface area contributed by atoms with E-state index in [1.54, 1.807) is 0 Å². The summed E-state index contributed by atoms with van der Waals surface area (Å²) in [6.07, 6.45) is 1.17. The standard InChI is InChI=1S/C18H26N2/c1-4-19-15(3)13-14-20(5-2)18-12-8-10-16-9-6-7-11-17(16)18/h6-12,15,19H,4-5,13-14H2,1-3H3. The van der Waals surface area contributed by atoms with E-state index in [0.29, 0.717) is 6.04 Å². The zero-order chi connectivity index (χ0) is 14.4. The van der Waals surface area contributed by atoms with Crippen molar-refractivity contribution in [3.8, 4) is 0 Å². The van der Waals surface area contributed by atoms with Gasteiger partial charge in [0.25, 0.3) is 0 Å². The Labute approximate surface area is 122 Å². The maximum atomic E-state index is 3.49. The van der Waals surface area contributed by atoms with Crippen molar-refractivity contribution in [3.05, 3.63) is 42.5 Å². The molecule has 0 heterocycles. The Morgan fingerprint density at radius 2 is 1.80 bits per heavy atom. The van der Waals surface area contributed by atoms with E-state index in [0.717, 1.165) is 19.6 Å². The molecular weight excluding hydrogens is 244 g/mol. The SMILES string of the molecule is CCNC(C)CCN(CC)c1cccc2ccccc12. The molecule has 1 unspecified atom stereocenters. The number of rotatable bonds is 7. The monoisotopic (exact) mass is 270 g/mol. The van der Waals surface area contributed by atoms with E-state index in [1.165, 1.54) is 22.9 Å². The van der Waals surface area contributed by atoms with Crippen molar-refractivity contribution in [2.75, 3.05) is 24.5 Å². The molecule has 108 valence electrons. The molecule has 2 aromatic rings. The molecule has 0 aliphatic heterocycles. The molecule has 0 bridgehead atoms. The Balaban J connectivity index is 2.17. The molecule has 0 fully saturated rings. The van der Waals surface area contributed by atoms with Crippen molar-refractivity contribution < 1.29 is 0 Å². The highest BCUT2D eigenvalue weighted by atomic mass is 15.1. The van der Waals surface area contributed by atoms with Gasteiger partial charge in [-0.15, -0.1) is 0 Å². The highest BCUT2D eigenvalue weighted by Gasteiger charge is 2.09. The first-order valence-corrected chi connectivity index (χ1v) is 7.72. The molecule has 0 aliphatic rings. The zero-order valence-electron chi connectivity index (χ0n) is 12.9. The normalized spacial score (nSPS) is 12.6. The average Bonchev–Trinajstić information content (AvgIpc) is 2.48. The molecule has 0 saturated carbocycles. The minimum Gasteiger partial charge on any atom is -0.371 e. The van der Waals surface area contributed by atoms with Crippen LogP contribution in [0.1, 0.15) is 27.2 Å². The molecule has 1 atom stereocenters. The summed E-state index contributed by atoms with van der Waals surface area (Å²) in [5.41, 5.74) is 1.36. The molecule has 20 heavy (non-hydrogen) atoms. The van der Waals surface area contributed by atoms with Crippen molar-refractivity contribution >= 4 is 16.5 Å². The van der Waals surface area contributed by atoms with Gasteiger partial charge in [0.2, 0.25) is 0 Å². The van der Waals surface area contributed by atoms with Crippen molar-refractivity contribution in [1.82, 2.24) is 5.32 Å². The zero-order valence-corrected chi connectivity index (χ0v) is 12.9. The maximum absolute atomic E-state index is 3.49. The number of nitrogens with one attached hydrogen (secondary N) is 1. The number of nitrogens with zero attached hydrogens (tertiary/aromatic N) is 1. The quantitative estimate of drug-likeness (QED) is 0.816. The molecule has 2 nitrogen and oxygen atoms in total. The maximum Gasteiger partial charge on any atom is 0.0445 e. The molecule has 0 aliphatic carbocycles. The molecule has 2 rings (SSSR count). The van der Waals surface area contributed by atoms with E-state index >= 15 is 0 Å². The van der Waals surface area contributed by atoms with Crippen LogP contribution in [0.25, 0.3) is 10.8 Å². The van der Waals surface area contributed by atoms with Crippen LogP contribution in [0.5, 0.6) is 0 Å². The summed E-state index contributed by atoms with van der Waals surface area (Å²) in [5.74, 6) is 0. The Hall–Kier alpha value is -1.54. The smallest absolute Gasteiger partial charge is 0.0445 e. The predicted molar refractivity (Wildman–Crippen MR) is 89.6 cm³/mol. The lowest BCUT2D eigenvalue weighted by Crippen LogP contribution is -2.32. The second kappa shape index (κ2) is 7.30. The summed E-state index contributed by atoms with van der Waals surface area (Å²) >= 11 is 0. The summed E-state index contributed by atoms with van der Waals surface area (Å²) in [5, 5.41) is 6.16. The van der Waals surface area contributed by atoms with Crippen LogP contribution in [0.15, 0.2) is 42.5 Å². The van der Waals surface area contributed by atoms with Gasteiger partial charge in [-0.1, -0.05) is 43.3 Å². The fourth-order valence-corrected chi connectivity index (χ4v) is 2.73. The van der Waals surface area contributed by atoms with Crippen LogP contribution in [0, 0.1) is 0 Å². The molecule has 0 amide bonds. The van der Waals surface area contributed by atoms with Crippen molar-refractivity contribution in [2.45, 2.75) is 33.2 Å². The van der Waals surface area contributed by atoms with Gasteiger partial charge in [0.1, 0.15) is 0 Å². The van der Waals surface area contributed by atoms with Crippen LogP contribution in [-0.2, 0) is 0 Å². The minimum absolute atomic E-state index is 0.573. The van der Waals surface area contributed by atoms with E-state index < -0.39 is 0 Å². The second-order valence-corrected chi connectivity index (χ2v) is 5.33. The summed E-state index contributed by atoms with van der Waals surface area (Å²) in [4.78, 5) is 2.48. The van der Waals surface area contributed by atoms with Crippen molar-refractivity contribution in [3.63, 3.8) is 0 Å². The number of benzene rings is 2. The van der Waals surface area contributed by atoms with Gasteiger partial charge in [-0.2, -0.15) is 0 Å². The first-order chi connectivity index (χ1) is 9.76. The van der Waals surface area contributed by atoms with E-state index in [-0.39, 0.29) is 0 Å². The molecule has 0 radical (unpaired) electrons. The average molecular weight is 270 g/mol. The van der Waals surface area contributed by atoms with Gasteiger partial charge < -0.3 is 10.2 Å². The van der Waals surface area contributed by atoms with Gasteiger partial charge >= 0.3 is 0 Å². The van der Waals surface area contributed by atoms with E-state index in [4.69, 9.17) is 0 Å². The van der Waals surface area contributed by atoms with Gasteiger partial charge in [-0.25, -0.2) is 0 Å². The fraction of sp³-hybridized carbons (Fsp3) is 0.444. The van der Waals surface area contributed by atoms with Gasteiger partial charge in [0, 0.05) is 30.2 Å². The molecule has 0 aromatic heterocycles. The second-order valence-electron chi connectivity index (χ2n) is 5.33. The van der Waals surface area contributed by atoms with Crippen LogP contribution in [0.3, 0.4) is 0 Å². The van der Waals surface area contributed by atoms with E-state index in [1.807, 2.05) is 0 Å². The fourth-order valence-electron chi connectivity index (χ4n) is 2.73. The third-order valence-corrected chi connectivity index (χ3v) is 3.87. The van der Waals surface area contributed by atoms with Gasteiger partial charge in [-0.3, -0.25) is 0 Å². The Morgan fingerprint density at radius 3 is 2.55 bits per heavy atom. The van der Waals surface area contributed by atoms with Crippen LogP contribution < -0.4 is 10.2 Å². The molecular formula is C18H26N2. The van der Waals surface area contributed by atoms with Gasteiger partial charge in [0.15, 0.2) is 0 Å². The molecule has 0 saturated heterocycles. The Bertz CT molecular complexity index is 530. The molecule has 2 heteroatoms. The van der Waals surface area contributed by atoms with Crippen molar-refractivity contribution in [2.24, 2.45) is 0 Å². The summed E-state index contributed by atoms with van der Waals surface area (Å²) < 4.78 is 0. The van der Waals surface area contributed by atoms with Crippen molar-refractivity contribution in [1.29, 1.82) is 0 Å². The number of fused-ring (bicyclic) bond motifs is 1. The minimum atomic E-state index is 0.573. The van der Waals surface area contributed by atoms with Crippen LogP contribution >= 0.6 is 0 Å². The summed E-state index contributed by atoms with van der Waals surface area (Å²) in [7, 11) is 0. The third-order valence-electron chi connectivity index (χ3n) is 3.87. The largest absolute Gasteiger partial charge is 0.371 e. The summed E-state index contributed by atoms with van der Waals surface area (Å²) in [6.45, 7) is 9.85. The van der Waals surface area contributed by atoms with E-state index in [2.05, 4.69) is 73.5 Å². The highest BCUT2D eigenvalue weighted by Crippen LogP contribution is 2.26. The number of hydrogen-bond acceptors (Lipinski definition) is 2. The van der Waals surface area contributed by atoms with Crippen LogP contribution in [0.2, 0.25) is 0 Å². The Morgan fingerprint density at radius 1 is 1.05 bits per heavy atom. The number of anilines is 1. The number of hydrogen-bond donors (Lipinski definition) is 1. The lowest BCUT2D eigenvalue weighted by Gasteiger charge is -2.26. The first-order valence-electron chi connectivity index (χ1n) is 7.72. The molecule has 2 aromatic carbocycles. The summed E-state index contributed by atoms with van der Waals surface area (Å²) in [6, 6.07) is 15.8. The van der Waals surface area contributed by atoms with Gasteiger partial charge in [-0.05, 0) is 38.3 Å². The lowest BCUT2D eigenvalue weighted by atomic mass is 10.1. The molecule has 0 spiro atoms. The predicted octanol–water partition coefficient (Wildman–Crippen LogP) is 4.05. The Kier molecular flexibility index (Phi) is 5.42. The third kappa shape index (κ3) is 3.51. The highest BCUT2D eigenvalue weighted by molar-refractivity contribution is 5.94. The lowest BCUT2D eigenvalue weighted by molar-refractivity contribution is 0.527. The topological polar surface area (TPSA) is 15.3 Å². The van der Waals surface area contributed by atoms with Gasteiger partial charge in [0.05, 0.1) is 0 Å². The first kappa shape index (κ1) is 14.9. The molecule has 1 N–H and O–H groups in total. The van der Waals surface area contributed by atoms with Crippen LogP contribution in [0.4, 0.5) is 5.69 Å².